The molecule has 0 amide bonds. The molecule has 2 fully saturated rings. The van der Waals surface area contributed by atoms with Gasteiger partial charge in [0, 0.05) is 0 Å². The zero-order valence-electron chi connectivity index (χ0n) is 12.8. The molecule has 102 valence electrons. The molecule has 2 saturated carbocycles. The fraction of sp³-hybridized carbons (Fsp3) is 0.778. The lowest BCUT2D eigenvalue weighted by Crippen LogP contribution is -2.49. The lowest BCUT2D eigenvalue weighted by molar-refractivity contribution is -0.0510. The Morgan fingerprint density at radius 2 is 2.00 bits per heavy atom. The Morgan fingerprint density at radius 1 is 1.28 bits per heavy atom. The minimum atomic E-state index is 0.497. The summed E-state index contributed by atoms with van der Waals surface area (Å²) in [5, 5.41) is 0. The molecule has 3 unspecified atom stereocenters. The Morgan fingerprint density at radius 3 is 2.67 bits per heavy atom. The van der Waals surface area contributed by atoms with Crippen LogP contribution in [-0.2, 0) is 0 Å². The number of hydrogen-bond donors (Lipinski definition) is 0. The first-order chi connectivity index (χ1) is 8.42. The highest BCUT2D eigenvalue weighted by Gasteiger charge is 2.52. The van der Waals surface area contributed by atoms with E-state index in [-0.39, 0.29) is 0 Å². The predicted molar refractivity (Wildman–Crippen MR) is 80.5 cm³/mol. The van der Waals surface area contributed by atoms with E-state index in [1.54, 1.807) is 0 Å². The van der Waals surface area contributed by atoms with Gasteiger partial charge in [-0.2, -0.15) is 0 Å². The number of rotatable bonds is 2. The molecule has 0 radical (unpaired) electrons. The summed E-state index contributed by atoms with van der Waals surface area (Å²) in [5.41, 5.74) is 2.54. The molecule has 0 N–H and O–H groups in total. The molecule has 2 rings (SSSR count). The Bertz CT molecular complexity index is 347. The molecule has 2 aliphatic carbocycles. The van der Waals surface area contributed by atoms with Crippen molar-refractivity contribution in [3.63, 3.8) is 0 Å². The molecule has 0 heterocycles. The third-order valence-corrected chi connectivity index (χ3v) is 5.93. The summed E-state index contributed by atoms with van der Waals surface area (Å²) >= 11 is 0. The summed E-state index contributed by atoms with van der Waals surface area (Å²) in [6.45, 7) is 14.1. The Hall–Kier alpha value is -0.520. The van der Waals surface area contributed by atoms with E-state index in [1.807, 2.05) is 0 Å². The van der Waals surface area contributed by atoms with Gasteiger partial charge in [0.15, 0.2) is 0 Å². The van der Waals surface area contributed by atoms with Gasteiger partial charge in [-0.15, -0.1) is 0 Å². The van der Waals surface area contributed by atoms with Crippen LogP contribution in [0, 0.1) is 22.7 Å². The van der Waals surface area contributed by atoms with Crippen LogP contribution in [0.15, 0.2) is 24.3 Å². The molecule has 0 heteroatoms. The number of fused-ring (bicyclic) bond motifs is 1. The average molecular weight is 246 g/mol. The molecule has 0 bridgehead atoms. The van der Waals surface area contributed by atoms with E-state index < -0.39 is 0 Å². The molecule has 2 aliphatic rings. The molecule has 0 aromatic heterocycles. The van der Waals surface area contributed by atoms with Crippen LogP contribution in [-0.4, -0.2) is 0 Å². The first-order valence-corrected chi connectivity index (χ1v) is 7.70. The maximum Gasteiger partial charge on any atom is -0.0115 e. The van der Waals surface area contributed by atoms with Gasteiger partial charge in [0.25, 0.3) is 0 Å². The van der Waals surface area contributed by atoms with Crippen LogP contribution < -0.4 is 0 Å². The van der Waals surface area contributed by atoms with Crippen molar-refractivity contribution in [2.75, 3.05) is 0 Å². The molecule has 0 aliphatic heterocycles. The molecule has 0 aromatic carbocycles. The highest BCUT2D eigenvalue weighted by molar-refractivity contribution is 5.17. The van der Waals surface area contributed by atoms with Gasteiger partial charge in [0.2, 0.25) is 0 Å². The monoisotopic (exact) mass is 246 g/mol. The van der Waals surface area contributed by atoms with E-state index in [9.17, 15) is 0 Å². The zero-order chi connectivity index (χ0) is 13.4. The quantitative estimate of drug-likeness (QED) is 0.544. The predicted octanol–water partition coefficient (Wildman–Crippen LogP) is 5.75. The fourth-order valence-corrected chi connectivity index (χ4v) is 4.98. The van der Waals surface area contributed by atoms with Gasteiger partial charge in [0.1, 0.15) is 0 Å². The van der Waals surface area contributed by atoms with Crippen LogP contribution in [0.1, 0.15) is 66.2 Å². The van der Waals surface area contributed by atoms with E-state index in [2.05, 4.69) is 46.4 Å². The van der Waals surface area contributed by atoms with E-state index in [0.29, 0.717) is 16.7 Å². The third-order valence-electron chi connectivity index (χ3n) is 5.93. The number of allylic oxidation sites excluding steroid dienone is 3. The summed E-state index contributed by atoms with van der Waals surface area (Å²) in [6.07, 6.45) is 12.6. The van der Waals surface area contributed by atoms with Crippen LogP contribution in [0.3, 0.4) is 0 Å². The largest absolute Gasteiger partial charge is 0.0995 e. The number of hydrogen-bond acceptors (Lipinski definition) is 0. The average Bonchev–Trinajstić information content (AvgIpc) is 2.27. The van der Waals surface area contributed by atoms with Crippen LogP contribution in [0.2, 0.25) is 0 Å². The molecule has 0 saturated heterocycles. The molecule has 0 spiro atoms. The summed E-state index contributed by atoms with van der Waals surface area (Å²) in [4.78, 5) is 0. The van der Waals surface area contributed by atoms with Crippen molar-refractivity contribution in [3.05, 3.63) is 24.3 Å². The standard InChI is InChI=1S/C18H30/c1-6-7-9-15-14(2)10-11-16-17(3,4)12-8-13-18(15,16)5/h6-7,15-16H,2,8-13H2,1,3-5H3. The van der Waals surface area contributed by atoms with Crippen molar-refractivity contribution < 1.29 is 0 Å². The van der Waals surface area contributed by atoms with Crippen molar-refractivity contribution in [1.29, 1.82) is 0 Å². The zero-order valence-corrected chi connectivity index (χ0v) is 12.8. The molecule has 18 heavy (non-hydrogen) atoms. The van der Waals surface area contributed by atoms with Gasteiger partial charge in [-0.1, -0.05) is 51.5 Å². The van der Waals surface area contributed by atoms with Gasteiger partial charge in [-0.3, -0.25) is 0 Å². The molecular formula is C18H30. The maximum absolute atomic E-state index is 4.40. The van der Waals surface area contributed by atoms with E-state index in [4.69, 9.17) is 0 Å². The highest BCUT2D eigenvalue weighted by Crippen LogP contribution is 2.61. The van der Waals surface area contributed by atoms with Crippen molar-refractivity contribution in [2.24, 2.45) is 22.7 Å². The molecule has 0 aromatic rings. The van der Waals surface area contributed by atoms with E-state index >= 15 is 0 Å². The minimum Gasteiger partial charge on any atom is -0.0995 e. The van der Waals surface area contributed by atoms with E-state index in [0.717, 1.165) is 5.92 Å². The van der Waals surface area contributed by atoms with Crippen molar-refractivity contribution in [1.82, 2.24) is 0 Å². The van der Waals surface area contributed by atoms with Crippen molar-refractivity contribution in [3.8, 4) is 0 Å². The lowest BCUT2D eigenvalue weighted by Gasteiger charge is -2.58. The molecule has 0 nitrogen and oxygen atoms in total. The van der Waals surface area contributed by atoms with Gasteiger partial charge >= 0.3 is 0 Å². The highest BCUT2D eigenvalue weighted by atomic mass is 14.6. The SMILES string of the molecule is C=C1CCC2C(C)(C)CCCC2(C)C1CC=CC. The fourth-order valence-electron chi connectivity index (χ4n) is 4.98. The summed E-state index contributed by atoms with van der Waals surface area (Å²) in [6, 6.07) is 0. The smallest absolute Gasteiger partial charge is 0.0115 e. The van der Waals surface area contributed by atoms with Gasteiger partial charge in [0.05, 0.1) is 0 Å². The topological polar surface area (TPSA) is 0 Å². The Kier molecular flexibility index (Phi) is 3.76. The minimum absolute atomic E-state index is 0.497. The maximum atomic E-state index is 4.40. The van der Waals surface area contributed by atoms with Gasteiger partial charge < -0.3 is 0 Å². The first-order valence-electron chi connectivity index (χ1n) is 7.70. The Labute approximate surface area is 114 Å². The molecule has 3 atom stereocenters. The van der Waals surface area contributed by atoms with Crippen LogP contribution in [0.5, 0.6) is 0 Å². The van der Waals surface area contributed by atoms with Crippen molar-refractivity contribution >= 4 is 0 Å². The second-order valence-electron chi connectivity index (χ2n) is 7.45. The Balaban J connectivity index is 2.30. The van der Waals surface area contributed by atoms with Gasteiger partial charge in [-0.05, 0) is 61.7 Å². The molecular weight excluding hydrogens is 216 g/mol. The summed E-state index contributed by atoms with van der Waals surface area (Å²) in [7, 11) is 0. The normalized spacial score (nSPS) is 39.9. The van der Waals surface area contributed by atoms with E-state index in [1.165, 1.54) is 44.1 Å². The van der Waals surface area contributed by atoms with Crippen LogP contribution in [0.25, 0.3) is 0 Å². The summed E-state index contributed by atoms with van der Waals surface area (Å²) in [5.74, 6) is 1.60. The lowest BCUT2D eigenvalue weighted by atomic mass is 9.47. The summed E-state index contributed by atoms with van der Waals surface area (Å²) < 4.78 is 0. The van der Waals surface area contributed by atoms with Crippen molar-refractivity contribution in [2.45, 2.75) is 66.2 Å². The van der Waals surface area contributed by atoms with Crippen LogP contribution >= 0.6 is 0 Å². The second-order valence-corrected chi connectivity index (χ2v) is 7.45. The van der Waals surface area contributed by atoms with Crippen LogP contribution in [0.4, 0.5) is 0 Å². The third kappa shape index (κ3) is 2.19. The second kappa shape index (κ2) is 4.87. The first kappa shape index (κ1) is 13.9. The van der Waals surface area contributed by atoms with Gasteiger partial charge in [-0.25, -0.2) is 0 Å².